The molecule has 0 saturated heterocycles. The molecule has 4 rings (SSSR count). The van der Waals surface area contributed by atoms with Crippen LogP contribution in [0.25, 0.3) is 28.2 Å². The average molecular weight is 591 g/mol. The molecule has 4 aromatic rings. The Kier molecular flexibility index (Phi) is 8.11. The molecule has 3 aromatic carbocycles. The third kappa shape index (κ3) is 6.09. The Morgan fingerprint density at radius 1 is 0.865 bits per heavy atom. The molecule has 0 N–H and O–H groups in total. The molecule has 37 heavy (non-hydrogen) atoms. The molecule has 192 valence electrons. The van der Waals surface area contributed by atoms with Crippen molar-refractivity contribution < 1.29 is 18.0 Å². The number of aromatic nitrogens is 1. The summed E-state index contributed by atoms with van der Waals surface area (Å²) in [6.45, 7) is 0.561. The van der Waals surface area contributed by atoms with Gasteiger partial charge in [0.1, 0.15) is 0 Å². The van der Waals surface area contributed by atoms with Crippen LogP contribution in [-0.2, 0) is 11.0 Å². The Hall–Kier alpha value is -3.07. The number of hydrogen-bond donors (Lipinski definition) is 0. The Bertz CT molecular complexity index is 1380. The van der Waals surface area contributed by atoms with Crippen LogP contribution in [0, 0.1) is 0 Å². The fourth-order valence-electron chi connectivity index (χ4n) is 4.00. The summed E-state index contributed by atoms with van der Waals surface area (Å²) in [5.41, 5.74) is 2.39. The van der Waals surface area contributed by atoms with Crippen LogP contribution in [0.1, 0.15) is 12.0 Å². The van der Waals surface area contributed by atoms with E-state index >= 15 is 0 Å². The minimum Gasteiger partial charge on any atom is -0.309 e. The molecule has 0 bridgehead atoms. The van der Waals surface area contributed by atoms with Gasteiger partial charge >= 0.3 is 6.18 Å². The van der Waals surface area contributed by atoms with Crippen molar-refractivity contribution in [3.05, 3.63) is 95.0 Å². The molecule has 0 aliphatic carbocycles. The Morgan fingerprint density at radius 2 is 1.41 bits per heavy atom. The standard InChI is InChI=1S/C28H24BrClF3N3O/c1-34(2)18-17-27(37)36(30)22-13-9-20(10-14-22)25-16-15-24(19-7-11-21(29)12-8-19)35(25)26-6-4-3-5-23(26)28(31,32)33/h3-16H,17-18H2,1-2H3. The van der Waals surface area contributed by atoms with E-state index in [0.717, 1.165) is 20.5 Å². The second kappa shape index (κ2) is 11.1. The monoisotopic (exact) mass is 589 g/mol. The lowest BCUT2D eigenvalue weighted by molar-refractivity contribution is -0.137. The summed E-state index contributed by atoms with van der Waals surface area (Å²) in [5, 5.41) is 0. The molecule has 0 spiro atoms. The van der Waals surface area contributed by atoms with E-state index in [2.05, 4.69) is 15.9 Å². The summed E-state index contributed by atoms with van der Waals surface area (Å²) < 4.78 is 45.6. The van der Waals surface area contributed by atoms with Gasteiger partial charge in [0, 0.05) is 29.2 Å². The summed E-state index contributed by atoms with van der Waals surface area (Å²) in [4.78, 5) is 14.3. The van der Waals surface area contributed by atoms with Gasteiger partial charge < -0.3 is 9.47 Å². The van der Waals surface area contributed by atoms with Gasteiger partial charge in [0.2, 0.25) is 5.91 Å². The van der Waals surface area contributed by atoms with Gasteiger partial charge in [-0.05, 0) is 73.8 Å². The first-order valence-corrected chi connectivity index (χ1v) is 12.6. The summed E-state index contributed by atoms with van der Waals surface area (Å²) >= 11 is 9.67. The number of para-hydroxylation sites is 1. The normalized spacial score (nSPS) is 11.7. The first kappa shape index (κ1) is 27.0. The summed E-state index contributed by atoms with van der Waals surface area (Å²) in [7, 11) is 3.74. The predicted molar refractivity (Wildman–Crippen MR) is 146 cm³/mol. The van der Waals surface area contributed by atoms with E-state index in [9.17, 15) is 18.0 Å². The highest BCUT2D eigenvalue weighted by atomic mass is 79.9. The van der Waals surface area contributed by atoms with Crippen molar-refractivity contribution in [1.29, 1.82) is 0 Å². The molecule has 0 aliphatic rings. The largest absolute Gasteiger partial charge is 0.418 e. The van der Waals surface area contributed by atoms with Crippen LogP contribution >= 0.6 is 27.7 Å². The minimum absolute atomic E-state index is 0.0230. The van der Waals surface area contributed by atoms with E-state index in [0.29, 0.717) is 29.2 Å². The fourth-order valence-corrected chi connectivity index (χ4v) is 4.46. The van der Waals surface area contributed by atoms with E-state index in [1.165, 1.54) is 12.1 Å². The van der Waals surface area contributed by atoms with Gasteiger partial charge in [0.05, 0.1) is 28.3 Å². The number of carbonyl (C=O) groups excluding carboxylic acids is 1. The second-order valence-electron chi connectivity index (χ2n) is 8.74. The second-order valence-corrected chi connectivity index (χ2v) is 9.99. The van der Waals surface area contributed by atoms with Crippen molar-refractivity contribution >= 4 is 39.3 Å². The van der Waals surface area contributed by atoms with Crippen LogP contribution in [0.3, 0.4) is 0 Å². The maximum atomic E-state index is 14.0. The Balaban J connectivity index is 1.80. The molecule has 1 aromatic heterocycles. The minimum atomic E-state index is -4.54. The number of nitrogens with zero attached hydrogens (tertiary/aromatic N) is 3. The molecule has 1 heterocycles. The average Bonchev–Trinajstić information content (AvgIpc) is 3.32. The van der Waals surface area contributed by atoms with Crippen molar-refractivity contribution in [2.45, 2.75) is 12.6 Å². The smallest absolute Gasteiger partial charge is 0.309 e. The van der Waals surface area contributed by atoms with Crippen LogP contribution < -0.4 is 4.42 Å². The van der Waals surface area contributed by atoms with Crippen molar-refractivity contribution in [3.8, 4) is 28.2 Å². The van der Waals surface area contributed by atoms with Crippen molar-refractivity contribution in [1.82, 2.24) is 9.47 Å². The number of carbonyl (C=O) groups is 1. The fraction of sp³-hybridized carbons (Fsp3) is 0.179. The van der Waals surface area contributed by atoms with E-state index < -0.39 is 11.7 Å². The molecule has 0 radical (unpaired) electrons. The molecular weight excluding hydrogens is 567 g/mol. The molecule has 0 atom stereocenters. The maximum absolute atomic E-state index is 14.0. The SMILES string of the molecule is CN(C)CCC(=O)N(Cl)c1ccc(-c2ccc(-c3ccc(Br)cc3)n2-c2ccccc2C(F)(F)F)cc1. The quantitative estimate of drug-likeness (QED) is 0.204. The van der Waals surface area contributed by atoms with Gasteiger partial charge in [-0.3, -0.25) is 4.79 Å². The van der Waals surface area contributed by atoms with Crippen molar-refractivity contribution in [2.75, 3.05) is 25.1 Å². The van der Waals surface area contributed by atoms with Gasteiger partial charge in [0.15, 0.2) is 0 Å². The highest BCUT2D eigenvalue weighted by Crippen LogP contribution is 2.39. The van der Waals surface area contributed by atoms with Gasteiger partial charge in [-0.1, -0.05) is 52.3 Å². The maximum Gasteiger partial charge on any atom is 0.418 e. The topological polar surface area (TPSA) is 28.5 Å². The predicted octanol–water partition coefficient (Wildman–Crippen LogP) is 8.03. The van der Waals surface area contributed by atoms with Crippen molar-refractivity contribution in [2.24, 2.45) is 0 Å². The van der Waals surface area contributed by atoms with Gasteiger partial charge in [-0.2, -0.15) is 13.2 Å². The lowest BCUT2D eigenvalue weighted by Gasteiger charge is -2.20. The zero-order valence-corrected chi connectivity index (χ0v) is 22.5. The molecule has 0 unspecified atom stereocenters. The lowest BCUT2D eigenvalue weighted by atomic mass is 10.1. The number of anilines is 1. The number of amides is 1. The number of benzene rings is 3. The first-order valence-electron chi connectivity index (χ1n) is 11.4. The molecule has 4 nitrogen and oxygen atoms in total. The summed E-state index contributed by atoms with van der Waals surface area (Å²) in [6.07, 6.45) is -4.28. The van der Waals surface area contributed by atoms with E-state index in [-0.39, 0.29) is 18.0 Å². The summed E-state index contributed by atoms with van der Waals surface area (Å²) in [5.74, 6) is -0.247. The van der Waals surface area contributed by atoms with E-state index in [1.54, 1.807) is 47.0 Å². The first-order chi connectivity index (χ1) is 17.6. The Morgan fingerprint density at radius 3 is 1.95 bits per heavy atom. The number of rotatable bonds is 7. The molecule has 9 heteroatoms. The molecular formula is C28H24BrClF3N3O. The van der Waals surface area contributed by atoms with Gasteiger partial charge in [-0.25, -0.2) is 4.42 Å². The Labute approximate surface area is 227 Å². The van der Waals surface area contributed by atoms with Crippen LogP contribution in [0.2, 0.25) is 0 Å². The van der Waals surface area contributed by atoms with E-state index in [1.807, 2.05) is 43.3 Å². The van der Waals surface area contributed by atoms with Gasteiger partial charge in [-0.15, -0.1) is 0 Å². The van der Waals surface area contributed by atoms with Crippen LogP contribution in [0.15, 0.2) is 89.4 Å². The molecule has 0 saturated carbocycles. The van der Waals surface area contributed by atoms with E-state index in [4.69, 9.17) is 11.8 Å². The third-order valence-corrected chi connectivity index (χ3v) is 6.77. The molecule has 0 fully saturated rings. The van der Waals surface area contributed by atoms with Gasteiger partial charge in [0.25, 0.3) is 0 Å². The summed E-state index contributed by atoms with van der Waals surface area (Å²) in [6, 6.07) is 23.4. The zero-order chi connectivity index (χ0) is 26.7. The van der Waals surface area contributed by atoms with Crippen LogP contribution in [0.5, 0.6) is 0 Å². The zero-order valence-electron chi connectivity index (χ0n) is 20.1. The molecule has 0 aliphatic heterocycles. The number of hydrogen-bond acceptors (Lipinski definition) is 2. The number of alkyl halides is 3. The lowest BCUT2D eigenvalue weighted by Crippen LogP contribution is -2.25. The molecule has 1 amide bonds. The number of halogens is 5. The third-order valence-electron chi connectivity index (χ3n) is 5.85. The van der Waals surface area contributed by atoms with Crippen molar-refractivity contribution in [3.63, 3.8) is 0 Å². The highest BCUT2D eigenvalue weighted by molar-refractivity contribution is 9.10. The van der Waals surface area contributed by atoms with Crippen LogP contribution in [-0.4, -0.2) is 36.0 Å². The highest BCUT2D eigenvalue weighted by Gasteiger charge is 2.34. The van der Waals surface area contributed by atoms with Crippen LogP contribution in [0.4, 0.5) is 18.9 Å².